The summed E-state index contributed by atoms with van der Waals surface area (Å²) in [7, 11) is 0. The molecule has 0 spiro atoms. The molecule has 1 unspecified atom stereocenters. The lowest BCUT2D eigenvalue weighted by Gasteiger charge is -2.15. The monoisotopic (exact) mass is 275 g/mol. The van der Waals surface area contributed by atoms with Gasteiger partial charge in [-0.2, -0.15) is 0 Å². The van der Waals surface area contributed by atoms with Crippen LogP contribution in [0.1, 0.15) is 57.9 Å². The first-order chi connectivity index (χ1) is 9.78. The summed E-state index contributed by atoms with van der Waals surface area (Å²) in [5.41, 5.74) is 1.42. The summed E-state index contributed by atoms with van der Waals surface area (Å²) in [6, 6.07) is 9.45. The van der Waals surface area contributed by atoms with Gasteiger partial charge in [0.1, 0.15) is 5.75 Å². The van der Waals surface area contributed by atoms with Crippen molar-refractivity contribution in [1.82, 2.24) is 5.32 Å². The van der Waals surface area contributed by atoms with Crippen LogP contribution in [-0.2, 0) is 6.42 Å². The lowest BCUT2D eigenvalue weighted by molar-refractivity contribution is 0.207. The molecule has 1 atom stereocenters. The average molecular weight is 275 g/mol. The third kappa shape index (κ3) is 5.96. The fraction of sp³-hybridized carbons (Fsp3) is 0.667. The van der Waals surface area contributed by atoms with E-state index in [9.17, 15) is 0 Å². The van der Waals surface area contributed by atoms with Gasteiger partial charge in [0.05, 0.1) is 6.10 Å². The van der Waals surface area contributed by atoms with Gasteiger partial charge in [0.25, 0.3) is 0 Å². The first-order valence-electron chi connectivity index (χ1n) is 8.27. The Hall–Kier alpha value is -1.02. The number of unbranched alkanes of at least 4 members (excludes halogenated alkanes) is 1. The molecule has 1 N–H and O–H groups in total. The highest BCUT2D eigenvalue weighted by molar-refractivity contribution is 5.27. The highest BCUT2D eigenvalue weighted by Gasteiger charge is 2.19. The van der Waals surface area contributed by atoms with Gasteiger partial charge in [-0.05, 0) is 69.7 Å². The van der Waals surface area contributed by atoms with Crippen LogP contribution in [-0.4, -0.2) is 18.7 Å². The van der Waals surface area contributed by atoms with Crippen LogP contribution < -0.4 is 10.1 Å². The zero-order valence-corrected chi connectivity index (χ0v) is 13.0. The average Bonchev–Trinajstić information content (AvgIpc) is 3.27. The summed E-state index contributed by atoms with van der Waals surface area (Å²) in [4.78, 5) is 0. The van der Waals surface area contributed by atoms with Gasteiger partial charge in [0.15, 0.2) is 0 Å². The van der Waals surface area contributed by atoms with E-state index >= 15 is 0 Å². The molecule has 1 aromatic rings. The quantitative estimate of drug-likeness (QED) is 0.642. The number of benzene rings is 1. The molecular weight excluding hydrogens is 246 g/mol. The number of hydrogen-bond donors (Lipinski definition) is 1. The van der Waals surface area contributed by atoms with Crippen LogP contribution in [0.25, 0.3) is 0 Å². The molecule has 0 aliphatic heterocycles. The topological polar surface area (TPSA) is 21.3 Å². The van der Waals surface area contributed by atoms with Crippen molar-refractivity contribution in [2.75, 3.05) is 6.54 Å². The highest BCUT2D eigenvalue weighted by Crippen LogP contribution is 2.19. The molecule has 1 aromatic carbocycles. The summed E-state index contributed by atoms with van der Waals surface area (Å²) in [6.45, 7) is 5.54. The maximum atomic E-state index is 5.97. The van der Waals surface area contributed by atoms with E-state index in [0.29, 0.717) is 6.10 Å². The largest absolute Gasteiger partial charge is 0.491 e. The van der Waals surface area contributed by atoms with Crippen molar-refractivity contribution < 1.29 is 4.74 Å². The van der Waals surface area contributed by atoms with Crippen molar-refractivity contribution in [2.24, 2.45) is 0 Å². The molecule has 1 saturated carbocycles. The molecule has 0 bridgehead atoms. The molecule has 0 saturated heterocycles. The van der Waals surface area contributed by atoms with Crippen LogP contribution >= 0.6 is 0 Å². The molecule has 2 rings (SSSR count). The standard InChI is InChI=1S/C18H29NO/c1-3-4-7-16-8-12-18(13-9-16)20-15(2)6-5-14-19-17-10-11-17/h8-9,12-13,15,17,19H,3-7,10-11,14H2,1-2H3. The van der Waals surface area contributed by atoms with E-state index in [4.69, 9.17) is 4.74 Å². The Morgan fingerprint density at radius 3 is 2.60 bits per heavy atom. The first-order valence-corrected chi connectivity index (χ1v) is 8.27. The van der Waals surface area contributed by atoms with E-state index in [1.807, 2.05) is 0 Å². The van der Waals surface area contributed by atoms with E-state index in [2.05, 4.69) is 43.4 Å². The number of rotatable bonds is 10. The third-order valence-electron chi connectivity index (χ3n) is 3.88. The Morgan fingerprint density at radius 1 is 1.20 bits per heavy atom. The van der Waals surface area contributed by atoms with Crippen molar-refractivity contribution in [3.8, 4) is 5.75 Å². The van der Waals surface area contributed by atoms with Gasteiger partial charge in [0, 0.05) is 6.04 Å². The lowest BCUT2D eigenvalue weighted by atomic mass is 10.1. The van der Waals surface area contributed by atoms with E-state index in [0.717, 1.165) is 24.8 Å². The van der Waals surface area contributed by atoms with Gasteiger partial charge in [-0.1, -0.05) is 25.5 Å². The number of aryl methyl sites for hydroxylation is 1. The van der Waals surface area contributed by atoms with Crippen LogP contribution in [0.5, 0.6) is 5.75 Å². The summed E-state index contributed by atoms with van der Waals surface area (Å²) in [5, 5.41) is 3.55. The maximum Gasteiger partial charge on any atom is 0.119 e. The molecule has 2 heteroatoms. The van der Waals surface area contributed by atoms with Crippen molar-refractivity contribution >= 4 is 0 Å². The highest BCUT2D eigenvalue weighted by atomic mass is 16.5. The summed E-state index contributed by atoms with van der Waals surface area (Å²) in [5.74, 6) is 1.01. The zero-order chi connectivity index (χ0) is 14.2. The molecule has 0 amide bonds. The Labute approximate surface area is 123 Å². The predicted molar refractivity (Wildman–Crippen MR) is 85.4 cm³/mol. The number of ether oxygens (including phenoxy) is 1. The minimum Gasteiger partial charge on any atom is -0.491 e. The lowest BCUT2D eigenvalue weighted by Crippen LogP contribution is -2.20. The minimum absolute atomic E-state index is 0.303. The molecule has 1 aliphatic rings. The second kappa shape index (κ2) is 8.31. The summed E-state index contributed by atoms with van der Waals surface area (Å²) < 4.78 is 5.97. The van der Waals surface area contributed by atoms with Crippen molar-refractivity contribution in [3.05, 3.63) is 29.8 Å². The molecule has 2 nitrogen and oxygen atoms in total. The van der Waals surface area contributed by atoms with Crippen LogP contribution in [0, 0.1) is 0 Å². The fourth-order valence-corrected chi connectivity index (χ4v) is 2.39. The van der Waals surface area contributed by atoms with Crippen molar-refractivity contribution in [1.29, 1.82) is 0 Å². The fourth-order valence-electron chi connectivity index (χ4n) is 2.39. The molecule has 0 radical (unpaired) electrons. The number of hydrogen-bond acceptors (Lipinski definition) is 2. The van der Waals surface area contributed by atoms with Crippen molar-refractivity contribution in [2.45, 2.75) is 70.9 Å². The predicted octanol–water partition coefficient (Wildman–Crippen LogP) is 4.33. The zero-order valence-electron chi connectivity index (χ0n) is 13.0. The normalized spacial score (nSPS) is 16.1. The van der Waals surface area contributed by atoms with E-state index in [1.54, 1.807) is 0 Å². The smallest absolute Gasteiger partial charge is 0.119 e. The van der Waals surface area contributed by atoms with Gasteiger partial charge in [-0.15, -0.1) is 0 Å². The first kappa shape index (κ1) is 15.4. The van der Waals surface area contributed by atoms with Crippen LogP contribution in [0.2, 0.25) is 0 Å². The Morgan fingerprint density at radius 2 is 1.95 bits per heavy atom. The summed E-state index contributed by atoms with van der Waals surface area (Å²) in [6.07, 6.45) is 9.07. The second-order valence-corrected chi connectivity index (χ2v) is 6.05. The van der Waals surface area contributed by atoms with Crippen LogP contribution in [0.15, 0.2) is 24.3 Å². The van der Waals surface area contributed by atoms with E-state index in [1.165, 1.54) is 44.1 Å². The minimum atomic E-state index is 0.303. The van der Waals surface area contributed by atoms with E-state index < -0.39 is 0 Å². The molecule has 1 aliphatic carbocycles. The van der Waals surface area contributed by atoms with Gasteiger partial charge >= 0.3 is 0 Å². The van der Waals surface area contributed by atoms with Crippen molar-refractivity contribution in [3.63, 3.8) is 0 Å². The molecule has 1 fully saturated rings. The van der Waals surface area contributed by atoms with E-state index in [-0.39, 0.29) is 0 Å². The van der Waals surface area contributed by atoms with Gasteiger partial charge in [0.2, 0.25) is 0 Å². The van der Waals surface area contributed by atoms with Gasteiger partial charge in [-0.3, -0.25) is 0 Å². The van der Waals surface area contributed by atoms with Crippen LogP contribution in [0.3, 0.4) is 0 Å². The van der Waals surface area contributed by atoms with Gasteiger partial charge < -0.3 is 10.1 Å². The Balaban J connectivity index is 1.63. The second-order valence-electron chi connectivity index (χ2n) is 6.05. The molecule has 20 heavy (non-hydrogen) atoms. The Bertz CT molecular complexity index is 370. The molecule has 0 aromatic heterocycles. The number of nitrogens with one attached hydrogen (secondary N) is 1. The van der Waals surface area contributed by atoms with Crippen LogP contribution in [0.4, 0.5) is 0 Å². The molecule has 112 valence electrons. The molecular formula is C18H29NO. The van der Waals surface area contributed by atoms with Gasteiger partial charge in [-0.25, -0.2) is 0 Å². The molecule has 0 heterocycles. The SMILES string of the molecule is CCCCc1ccc(OC(C)CCCNC2CC2)cc1. The third-order valence-corrected chi connectivity index (χ3v) is 3.88. The Kier molecular flexibility index (Phi) is 6.38. The summed E-state index contributed by atoms with van der Waals surface area (Å²) >= 11 is 0. The maximum absolute atomic E-state index is 5.97.